The highest BCUT2D eigenvalue weighted by atomic mass is 16.5. The van der Waals surface area contributed by atoms with Gasteiger partial charge in [-0.3, -0.25) is 14.8 Å². The van der Waals surface area contributed by atoms with E-state index < -0.39 is 0 Å². The molecule has 0 atom stereocenters. The summed E-state index contributed by atoms with van der Waals surface area (Å²) in [5.74, 6) is 1.10. The molecule has 1 N–H and O–H groups in total. The fourth-order valence-electron chi connectivity index (χ4n) is 3.91. The first-order valence-electron chi connectivity index (χ1n) is 11.3. The number of imidazole rings is 1. The number of anilines is 1. The predicted octanol–water partition coefficient (Wildman–Crippen LogP) is 4.50. The molecule has 0 saturated heterocycles. The van der Waals surface area contributed by atoms with Crippen molar-refractivity contribution in [3.8, 4) is 0 Å². The van der Waals surface area contributed by atoms with Crippen LogP contribution in [0.25, 0.3) is 11.0 Å². The van der Waals surface area contributed by atoms with Gasteiger partial charge in [0.25, 0.3) is 0 Å². The van der Waals surface area contributed by atoms with E-state index in [1.807, 2.05) is 38.1 Å². The van der Waals surface area contributed by atoms with Crippen molar-refractivity contribution in [2.24, 2.45) is 5.92 Å². The molecule has 0 fully saturated rings. The van der Waals surface area contributed by atoms with E-state index in [1.165, 1.54) is 5.56 Å². The van der Waals surface area contributed by atoms with Gasteiger partial charge in [0.05, 0.1) is 16.7 Å². The van der Waals surface area contributed by atoms with Crippen molar-refractivity contribution in [1.29, 1.82) is 0 Å². The summed E-state index contributed by atoms with van der Waals surface area (Å²) in [5.41, 5.74) is 5.24. The predicted molar refractivity (Wildman–Crippen MR) is 124 cm³/mol. The highest BCUT2D eigenvalue weighted by Gasteiger charge is 2.16. The van der Waals surface area contributed by atoms with Crippen molar-refractivity contribution in [2.45, 2.75) is 67.0 Å². The number of para-hydroxylation sites is 2. The third-order valence-electron chi connectivity index (χ3n) is 5.45. The van der Waals surface area contributed by atoms with E-state index in [-0.39, 0.29) is 5.91 Å². The zero-order valence-corrected chi connectivity index (χ0v) is 19.4. The molecule has 3 aromatic rings. The van der Waals surface area contributed by atoms with Crippen LogP contribution in [0, 0.1) is 19.8 Å². The Kier molecular flexibility index (Phi) is 7.85. The van der Waals surface area contributed by atoms with Crippen molar-refractivity contribution in [3.63, 3.8) is 0 Å². The number of aromatic nitrogens is 4. The minimum atomic E-state index is -0.0308. The van der Waals surface area contributed by atoms with Crippen LogP contribution in [0.2, 0.25) is 0 Å². The molecule has 31 heavy (non-hydrogen) atoms. The summed E-state index contributed by atoms with van der Waals surface area (Å²) < 4.78 is 9.61. The third-order valence-corrected chi connectivity index (χ3v) is 5.45. The van der Waals surface area contributed by atoms with E-state index in [4.69, 9.17) is 4.74 Å². The fraction of sp³-hybridized carbons (Fsp3) is 0.542. The number of benzene rings is 1. The molecule has 0 aliphatic carbocycles. The molecule has 7 heteroatoms. The largest absolute Gasteiger partial charge is 0.382 e. The molecule has 0 spiro atoms. The minimum absolute atomic E-state index is 0.0308. The zero-order chi connectivity index (χ0) is 22.4. The Morgan fingerprint density at radius 3 is 2.74 bits per heavy atom. The molecule has 2 heterocycles. The molecule has 0 unspecified atom stereocenters. The Morgan fingerprint density at radius 1 is 1.23 bits per heavy atom. The zero-order valence-electron chi connectivity index (χ0n) is 19.4. The highest BCUT2D eigenvalue weighted by molar-refractivity contribution is 5.91. The number of amides is 1. The average Bonchev–Trinajstić information content (AvgIpc) is 3.19. The lowest BCUT2D eigenvalue weighted by Crippen LogP contribution is -2.17. The van der Waals surface area contributed by atoms with Crippen molar-refractivity contribution in [3.05, 3.63) is 41.2 Å². The number of hydrogen-bond acceptors (Lipinski definition) is 4. The molecular formula is C24H35N5O2. The summed E-state index contributed by atoms with van der Waals surface area (Å²) in [7, 11) is 0. The van der Waals surface area contributed by atoms with E-state index >= 15 is 0 Å². The van der Waals surface area contributed by atoms with Gasteiger partial charge >= 0.3 is 0 Å². The molecule has 0 aliphatic rings. The molecular weight excluding hydrogens is 390 g/mol. The second-order valence-electron chi connectivity index (χ2n) is 8.40. The molecule has 0 saturated carbocycles. The van der Waals surface area contributed by atoms with Crippen LogP contribution in [0.3, 0.4) is 0 Å². The van der Waals surface area contributed by atoms with Crippen LogP contribution in [-0.2, 0) is 29.0 Å². The lowest BCUT2D eigenvalue weighted by molar-refractivity contribution is -0.116. The van der Waals surface area contributed by atoms with Crippen LogP contribution < -0.4 is 5.32 Å². The molecule has 0 radical (unpaired) electrons. The maximum Gasteiger partial charge on any atom is 0.227 e. The van der Waals surface area contributed by atoms with Gasteiger partial charge in [-0.25, -0.2) is 4.98 Å². The molecule has 0 bridgehead atoms. The van der Waals surface area contributed by atoms with Gasteiger partial charge in [0.1, 0.15) is 0 Å². The number of hydrogen-bond donors (Lipinski definition) is 1. The Bertz CT molecular complexity index is 1020. The van der Waals surface area contributed by atoms with E-state index in [0.717, 1.165) is 41.9 Å². The van der Waals surface area contributed by atoms with Gasteiger partial charge in [0, 0.05) is 38.4 Å². The number of rotatable bonds is 11. The highest BCUT2D eigenvalue weighted by Crippen LogP contribution is 2.21. The van der Waals surface area contributed by atoms with Crippen LogP contribution in [0.5, 0.6) is 0 Å². The Balaban J connectivity index is 1.68. The maximum absolute atomic E-state index is 12.8. The van der Waals surface area contributed by atoms with Gasteiger partial charge in [-0.05, 0) is 57.2 Å². The molecule has 1 aromatic carbocycles. The van der Waals surface area contributed by atoms with E-state index in [9.17, 15) is 4.79 Å². The lowest BCUT2D eigenvalue weighted by Gasteiger charge is -2.11. The molecule has 2 aromatic heterocycles. The van der Waals surface area contributed by atoms with E-state index in [1.54, 1.807) is 0 Å². The molecule has 1 amide bonds. The Morgan fingerprint density at radius 2 is 2.00 bits per heavy atom. The third kappa shape index (κ3) is 5.73. The number of ether oxygens (including phenoxy) is 1. The average molecular weight is 426 g/mol. The van der Waals surface area contributed by atoms with Crippen LogP contribution in [0.15, 0.2) is 24.3 Å². The van der Waals surface area contributed by atoms with Crippen LogP contribution in [0.1, 0.15) is 50.6 Å². The number of fused-ring (bicyclic) bond motifs is 1. The summed E-state index contributed by atoms with van der Waals surface area (Å²) in [6.07, 6.45) is 1.94. The van der Waals surface area contributed by atoms with Gasteiger partial charge in [0.15, 0.2) is 0 Å². The summed E-state index contributed by atoms with van der Waals surface area (Å²) in [6, 6.07) is 7.97. The van der Waals surface area contributed by atoms with Crippen LogP contribution >= 0.6 is 0 Å². The minimum Gasteiger partial charge on any atom is -0.382 e. The van der Waals surface area contributed by atoms with Crippen molar-refractivity contribution < 1.29 is 9.53 Å². The monoisotopic (exact) mass is 425 g/mol. The van der Waals surface area contributed by atoms with Crippen molar-refractivity contribution in [1.82, 2.24) is 19.3 Å². The standard InChI is InChI=1S/C24H35N5O2/c1-6-31-15-9-14-28-22-11-8-7-10-21(22)25-24(28)26-23(30)13-12-20-18(4)27-29(19(20)5)16-17(2)3/h7-8,10-11,17H,6,9,12-16H2,1-5H3,(H,25,26,30). The number of carbonyl (C=O) groups is 1. The van der Waals surface area contributed by atoms with Gasteiger partial charge in [-0.15, -0.1) is 0 Å². The van der Waals surface area contributed by atoms with Gasteiger partial charge in [0.2, 0.25) is 11.9 Å². The SMILES string of the molecule is CCOCCCn1c(NC(=O)CCc2c(C)nn(CC(C)C)c2C)nc2ccccc21. The first kappa shape index (κ1) is 23.0. The van der Waals surface area contributed by atoms with Crippen LogP contribution in [0.4, 0.5) is 5.95 Å². The molecule has 3 rings (SSSR count). The van der Waals surface area contributed by atoms with Crippen LogP contribution in [-0.4, -0.2) is 38.5 Å². The summed E-state index contributed by atoms with van der Waals surface area (Å²) in [5, 5.41) is 7.69. The fourth-order valence-corrected chi connectivity index (χ4v) is 3.91. The first-order valence-corrected chi connectivity index (χ1v) is 11.3. The Hall–Kier alpha value is -2.67. The normalized spacial score (nSPS) is 11.5. The first-order chi connectivity index (χ1) is 14.9. The number of nitrogens with one attached hydrogen (secondary N) is 1. The number of nitrogens with zero attached hydrogens (tertiary/aromatic N) is 4. The van der Waals surface area contributed by atoms with Gasteiger partial charge < -0.3 is 9.30 Å². The number of carbonyl (C=O) groups excluding carboxylic acids is 1. The summed E-state index contributed by atoms with van der Waals surface area (Å²) in [6.45, 7) is 13.5. The quantitative estimate of drug-likeness (QED) is 0.459. The van der Waals surface area contributed by atoms with Gasteiger partial charge in [-0.2, -0.15) is 5.10 Å². The van der Waals surface area contributed by atoms with E-state index in [2.05, 4.69) is 45.4 Å². The molecule has 7 nitrogen and oxygen atoms in total. The summed E-state index contributed by atoms with van der Waals surface area (Å²) in [4.78, 5) is 17.4. The smallest absolute Gasteiger partial charge is 0.227 e. The molecule has 168 valence electrons. The van der Waals surface area contributed by atoms with E-state index in [0.29, 0.717) is 37.9 Å². The second-order valence-corrected chi connectivity index (χ2v) is 8.40. The van der Waals surface area contributed by atoms with Gasteiger partial charge in [-0.1, -0.05) is 26.0 Å². The molecule has 0 aliphatic heterocycles. The Labute approximate surface area is 184 Å². The lowest BCUT2D eigenvalue weighted by atomic mass is 10.1. The number of aryl methyl sites for hydroxylation is 2. The van der Waals surface area contributed by atoms with Crippen molar-refractivity contribution >= 4 is 22.9 Å². The topological polar surface area (TPSA) is 74.0 Å². The second kappa shape index (κ2) is 10.6. The maximum atomic E-state index is 12.8. The van der Waals surface area contributed by atoms with Crippen molar-refractivity contribution in [2.75, 3.05) is 18.5 Å². The summed E-state index contributed by atoms with van der Waals surface area (Å²) >= 11 is 0.